The molecule has 1 aromatic heterocycles. The molecule has 19 heavy (non-hydrogen) atoms. The van der Waals surface area contributed by atoms with E-state index in [0.29, 0.717) is 10.2 Å². The second kappa shape index (κ2) is 4.35. The molecule has 0 unspecified atom stereocenters. The third kappa shape index (κ3) is 2.14. The van der Waals surface area contributed by atoms with Gasteiger partial charge in [0.25, 0.3) is 0 Å². The average Bonchev–Trinajstić information content (AvgIpc) is 2.88. The van der Waals surface area contributed by atoms with Gasteiger partial charge in [0.2, 0.25) is 0 Å². The van der Waals surface area contributed by atoms with Crippen molar-refractivity contribution in [2.45, 2.75) is 6.55 Å². The van der Waals surface area contributed by atoms with E-state index in [0.717, 1.165) is 16.3 Å². The minimum Gasteiger partial charge on any atom is -0.508 e. The Bertz CT molecular complexity index is 737. The Balaban J connectivity index is 2.07. The number of nitrogens with zero attached hydrogens (tertiary/aromatic N) is 2. The van der Waals surface area contributed by atoms with Crippen LogP contribution in [-0.4, -0.2) is 14.9 Å². The number of rotatable bonds is 2. The van der Waals surface area contributed by atoms with E-state index in [2.05, 4.69) is 5.10 Å². The molecule has 0 amide bonds. The molecule has 0 bridgehead atoms. The number of benzene rings is 2. The number of fused-ring (bicyclic) bond motifs is 1. The van der Waals surface area contributed by atoms with Crippen LogP contribution in [0.3, 0.4) is 0 Å². The maximum atomic E-state index is 12.5. The van der Waals surface area contributed by atoms with Crippen LogP contribution < -0.4 is 0 Å². The van der Waals surface area contributed by atoms with Crippen molar-refractivity contribution < 1.29 is 13.9 Å². The van der Waals surface area contributed by atoms with Crippen LogP contribution >= 0.6 is 0 Å². The molecule has 96 valence electrons. The highest BCUT2D eigenvalue weighted by Crippen LogP contribution is 2.27. The summed E-state index contributed by atoms with van der Waals surface area (Å²) in [5, 5.41) is 14.8. The first-order valence-electron chi connectivity index (χ1n) is 5.69. The Morgan fingerprint density at radius 2 is 1.74 bits per heavy atom. The molecule has 0 fully saturated rings. The lowest BCUT2D eigenvalue weighted by Crippen LogP contribution is -1.96. The van der Waals surface area contributed by atoms with Crippen LogP contribution in [0.25, 0.3) is 21.9 Å². The van der Waals surface area contributed by atoms with Crippen LogP contribution in [0.5, 0.6) is 5.75 Å². The lowest BCUT2D eigenvalue weighted by Gasteiger charge is -2.02. The van der Waals surface area contributed by atoms with E-state index in [1.165, 1.54) is 12.4 Å². The first-order valence-corrected chi connectivity index (χ1v) is 5.69. The van der Waals surface area contributed by atoms with Crippen LogP contribution in [0.1, 0.15) is 6.55 Å². The number of alkyl halides is 2. The van der Waals surface area contributed by atoms with Gasteiger partial charge in [-0.3, -0.25) is 0 Å². The highest BCUT2D eigenvalue weighted by atomic mass is 19.3. The monoisotopic (exact) mass is 260 g/mol. The summed E-state index contributed by atoms with van der Waals surface area (Å²) in [6, 6.07) is 10.6. The molecule has 0 radical (unpaired) electrons. The smallest absolute Gasteiger partial charge is 0.333 e. The molecule has 3 nitrogen and oxygen atoms in total. The zero-order valence-electron chi connectivity index (χ0n) is 9.79. The second-order valence-corrected chi connectivity index (χ2v) is 4.23. The predicted octanol–water partition coefficient (Wildman–Crippen LogP) is 3.80. The van der Waals surface area contributed by atoms with Crippen molar-refractivity contribution >= 4 is 10.8 Å². The Hall–Kier alpha value is -2.43. The maximum absolute atomic E-state index is 12.5. The Kier molecular flexibility index (Phi) is 2.67. The molecule has 1 N–H and O–H groups in total. The minimum atomic E-state index is -2.63. The summed E-state index contributed by atoms with van der Waals surface area (Å²) in [6.45, 7) is -2.63. The standard InChI is InChI=1S/C14H10F2N2O/c15-14(16)18-8-12(7-17-18)10-1-2-11-6-13(19)4-3-9(11)5-10/h1-8,14,19H. The maximum Gasteiger partial charge on any atom is 0.333 e. The molecule has 0 atom stereocenters. The molecule has 0 aliphatic rings. The van der Waals surface area contributed by atoms with Gasteiger partial charge in [0.15, 0.2) is 0 Å². The van der Waals surface area contributed by atoms with Crippen molar-refractivity contribution in [2.75, 3.05) is 0 Å². The van der Waals surface area contributed by atoms with Crippen LogP contribution in [0.2, 0.25) is 0 Å². The molecule has 0 saturated carbocycles. The minimum absolute atomic E-state index is 0.200. The summed E-state index contributed by atoms with van der Waals surface area (Å²) < 4.78 is 25.6. The number of phenols is 1. The van der Waals surface area contributed by atoms with E-state index >= 15 is 0 Å². The van der Waals surface area contributed by atoms with Crippen LogP contribution in [0, 0.1) is 0 Å². The molecule has 3 rings (SSSR count). The summed E-state index contributed by atoms with van der Waals surface area (Å²) in [6.07, 6.45) is 2.72. The lowest BCUT2D eigenvalue weighted by atomic mass is 10.0. The number of hydrogen-bond donors (Lipinski definition) is 1. The van der Waals surface area contributed by atoms with Gasteiger partial charge >= 0.3 is 6.55 Å². The summed E-state index contributed by atoms with van der Waals surface area (Å²) in [5.41, 5.74) is 1.44. The molecule has 1 heterocycles. The molecule has 0 saturated heterocycles. The van der Waals surface area contributed by atoms with Crippen molar-refractivity contribution in [3.63, 3.8) is 0 Å². The molecule has 0 aliphatic carbocycles. The van der Waals surface area contributed by atoms with E-state index in [1.807, 2.05) is 18.2 Å². The fourth-order valence-corrected chi connectivity index (χ4v) is 2.01. The summed E-state index contributed by atoms with van der Waals surface area (Å²) >= 11 is 0. The molecule has 3 aromatic rings. The van der Waals surface area contributed by atoms with Gasteiger partial charge in [-0.2, -0.15) is 13.9 Å². The largest absolute Gasteiger partial charge is 0.508 e. The molecule has 0 aliphatic heterocycles. The van der Waals surface area contributed by atoms with E-state index in [-0.39, 0.29) is 5.75 Å². The van der Waals surface area contributed by atoms with Crippen molar-refractivity contribution in [1.82, 2.24) is 9.78 Å². The predicted molar refractivity (Wildman–Crippen MR) is 68.1 cm³/mol. The molecule has 0 spiro atoms. The summed E-state index contributed by atoms with van der Waals surface area (Å²) in [7, 11) is 0. The fourth-order valence-electron chi connectivity index (χ4n) is 2.01. The van der Waals surface area contributed by atoms with Gasteiger partial charge in [0.05, 0.1) is 6.20 Å². The van der Waals surface area contributed by atoms with E-state index in [9.17, 15) is 13.9 Å². The Morgan fingerprint density at radius 1 is 1.00 bits per heavy atom. The topological polar surface area (TPSA) is 38.1 Å². The Labute approximate surface area is 107 Å². The number of aromatic nitrogens is 2. The van der Waals surface area contributed by atoms with Gasteiger partial charge in [-0.25, -0.2) is 4.68 Å². The van der Waals surface area contributed by atoms with Gasteiger partial charge in [-0.15, -0.1) is 0 Å². The lowest BCUT2D eigenvalue weighted by molar-refractivity contribution is 0.0566. The first-order chi connectivity index (χ1) is 9.13. The fraction of sp³-hybridized carbons (Fsp3) is 0.0714. The summed E-state index contributed by atoms with van der Waals surface area (Å²) in [4.78, 5) is 0. The van der Waals surface area contributed by atoms with Crippen molar-refractivity contribution in [3.05, 3.63) is 48.8 Å². The quantitative estimate of drug-likeness (QED) is 0.761. The normalized spacial score (nSPS) is 11.3. The van der Waals surface area contributed by atoms with Crippen LogP contribution in [-0.2, 0) is 0 Å². The van der Waals surface area contributed by atoms with E-state index in [1.54, 1.807) is 18.2 Å². The van der Waals surface area contributed by atoms with Crippen molar-refractivity contribution in [2.24, 2.45) is 0 Å². The molecular weight excluding hydrogens is 250 g/mol. The second-order valence-electron chi connectivity index (χ2n) is 4.23. The number of hydrogen-bond acceptors (Lipinski definition) is 2. The van der Waals surface area contributed by atoms with Crippen LogP contribution in [0.15, 0.2) is 48.8 Å². The number of aromatic hydroxyl groups is 1. The number of phenolic OH excluding ortho intramolecular Hbond substituents is 1. The highest BCUT2D eigenvalue weighted by molar-refractivity contribution is 5.88. The third-order valence-corrected chi connectivity index (χ3v) is 2.96. The SMILES string of the molecule is Oc1ccc2cc(-c3cnn(C(F)F)c3)ccc2c1. The van der Waals surface area contributed by atoms with Crippen molar-refractivity contribution in [3.8, 4) is 16.9 Å². The van der Waals surface area contributed by atoms with Crippen LogP contribution in [0.4, 0.5) is 8.78 Å². The van der Waals surface area contributed by atoms with Gasteiger partial charge in [-0.1, -0.05) is 18.2 Å². The average molecular weight is 260 g/mol. The summed E-state index contributed by atoms with van der Waals surface area (Å²) in [5.74, 6) is 0.200. The first kappa shape index (κ1) is 11.6. The Morgan fingerprint density at radius 3 is 2.47 bits per heavy atom. The van der Waals surface area contributed by atoms with Gasteiger partial charge in [-0.05, 0) is 34.5 Å². The highest BCUT2D eigenvalue weighted by Gasteiger charge is 2.09. The molecular formula is C14H10F2N2O. The van der Waals surface area contributed by atoms with E-state index < -0.39 is 6.55 Å². The molecule has 5 heteroatoms. The number of halogens is 2. The van der Waals surface area contributed by atoms with Crippen molar-refractivity contribution in [1.29, 1.82) is 0 Å². The zero-order valence-corrected chi connectivity index (χ0v) is 9.79. The third-order valence-electron chi connectivity index (χ3n) is 2.96. The molecule has 2 aromatic carbocycles. The van der Waals surface area contributed by atoms with Gasteiger partial charge < -0.3 is 5.11 Å². The van der Waals surface area contributed by atoms with Gasteiger partial charge in [0.1, 0.15) is 5.75 Å². The van der Waals surface area contributed by atoms with Gasteiger partial charge in [0, 0.05) is 11.8 Å². The zero-order chi connectivity index (χ0) is 13.4. The van der Waals surface area contributed by atoms with E-state index in [4.69, 9.17) is 0 Å².